The van der Waals surface area contributed by atoms with Gasteiger partial charge in [-0.1, -0.05) is 5.16 Å². The Bertz CT molecular complexity index is 1210. The molecule has 7 nitrogen and oxygen atoms in total. The summed E-state index contributed by atoms with van der Waals surface area (Å²) in [5.41, 5.74) is 3.91. The Morgan fingerprint density at radius 2 is 1.65 bits per heavy atom. The Labute approximate surface area is 182 Å². The second-order valence-corrected chi connectivity index (χ2v) is 9.71. The molecule has 162 valence electrons. The molecule has 0 unspecified atom stereocenters. The van der Waals surface area contributed by atoms with Gasteiger partial charge in [0, 0.05) is 49.1 Å². The van der Waals surface area contributed by atoms with Gasteiger partial charge >= 0.3 is 0 Å². The van der Waals surface area contributed by atoms with Crippen LogP contribution >= 0.6 is 0 Å². The summed E-state index contributed by atoms with van der Waals surface area (Å²) in [6.45, 7) is 7.17. The number of carbonyl (C=O) groups excluding carboxylic acids is 1. The number of Topliss-reactive ketones (excluding diaryl/α,β-unsaturated/α-hetero) is 1. The molecule has 0 aliphatic carbocycles. The first-order valence-corrected chi connectivity index (χ1v) is 11.6. The number of anilines is 1. The fraction of sp³-hybridized carbons (Fsp3) is 0.304. The highest BCUT2D eigenvalue weighted by Crippen LogP contribution is 2.28. The van der Waals surface area contributed by atoms with E-state index in [-0.39, 0.29) is 5.78 Å². The van der Waals surface area contributed by atoms with Gasteiger partial charge in [0.05, 0.1) is 10.6 Å². The van der Waals surface area contributed by atoms with Crippen LogP contribution in [0.15, 0.2) is 57.9 Å². The van der Waals surface area contributed by atoms with Crippen molar-refractivity contribution in [2.75, 3.05) is 31.1 Å². The third-order valence-electron chi connectivity index (χ3n) is 5.58. The first-order chi connectivity index (χ1) is 14.8. The Kier molecular flexibility index (Phi) is 5.68. The Morgan fingerprint density at radius 1 is 0.968 bits per heavy atom. The van der Waals surface area contributed by atoms with E-state index in [1.807, 2.05) is 43.3 Å². The normalized spacial score (nSPS) is 15.3. The monoisotopic (exact) mass is 439 g/mol. The number of piperazine rings is 1. The highest BCUT2D eigenvalue weighted by atomic mass is 32.2. The van der Waals surface area contributed by atoms with Crippen molar-refractivity contribution in [1.29, 1.82) is 0 Å². The summed E-state index contributed by atoms with van der Waals surface area (Å²) in [5, 5.41) is 3.89. The van der Waals surface area contributed by atoms with Crippen molar-refractivity contribution in [3.63, 3.8) is 0 Å². The maximum absolute atomic E-state index is 13.3. The van der Waals surface area contributed by atoms with Gasteiger partial charge < -0.3 is 9.42 Å². The van der Waals surface area contributed by atoms with Crippen molar-refractivity contribution in [3.8, 4) is 11.3 Å². The van der Waals surface area contributed by atoms with Crippen molar-refractivity contribution < 1.29 is 17.7 Å². The van der Waals surface area contributed by atoms with Crippen molar-refractivity contribution in [2.45, 2.75) is 25.7 Å². The van der Waals surface area contributed by atoms with E-state index in [2.05, 4.69) is 10.1 Å². The molecule has 1 aromatic heterocycles. The molecule has 0 N–H and O–H groups in total. The van der Waals surface area contributed by atoms with Gasteiger partial charge in [0.25, 0.3) is 0 Å². The molecule has 0 amide bonds. The molecule has 1 fully saturated rings. The van der Waals surface area contributed by atoms with Gasteiger partial charge in [-0.15, -0.1) is 0 Å². The third-order valence-corrected chi connectivity index (χ3v) is 7.64. The molecule has 2 aromatic carbocycles. The fourth-order valence-electron chi connectivity index (χ4n) is 3.82. The van der Waals surface area contributed by atoms with E-state index < -0.39 is 10.0 Å². The quantitative estimate of drug-likeness (QED) is 0.564. The maximum Gasteiger partial charge on any atom is 0.243 e. The molecule has 8 heteroatoms. The van der Waals surface area contributed by atoms with Gasteiger partial charge in [-0.3, -0.25) is 4.79 Å². The van der Waals surface area contributed by atoms with Crippen LogP contribution in [0.25, 0.3) is 11.3 Å². The summed E-state index contributed by atoms with van der Waals surface area (Å²) in [5.74, 6) is 0.649. The zero-order valence-corrected chi connectivity index (χ0v) is 18.6. The highest BCUT2D eigenvalue weighted by Gasteiger charge is 2.30. The van der Waals surface area contributed by atoms with Gasteiger partial charge in [0.1, 0.15) is 0 Å². The lowest BCUT2D eigenvalue weighted by atomic mass is 10.1. The number of carbonyl (C=O) groups is 1. The highest BCUT2D eigenvalue weighted by molar-refractivity contribution is 7.89. The van der Waals surface area contributed by atoms with Crippen LogP contribution in [-0.4, -0.2) is 49.8 Å². The van der Waals surface area contributed by atoms with Crippen molar-refractivity contribution in [3.05, 3.63) is 65.4 Å². The van der Waals surface area contributed by atoms with Gasteiger partial charge in [-0.25, -0.2) is 8.42 Å². The average Bonchev–Trinajstić information content (AvgIpc) is 3.20. The number of ketones is 1. The van der Waals surface area contributed by atoms with Crippen molar-refractivity contribution >= 4 is 21.5 Å². The van der Waals surface area contributed by atoms with Gasteiger partial charge in [0.2, 0.25) is 10.0 Å². The number of rotatable bonds is 5. The van der Waals surface area contributed by atoms with E-state index in [1.165, 1.54) is 4.31 Å². The lowest BCUT2D eigenvalue weighted by molar-refractivity contribution is 0.101. The zero-order valence-electron chi connectivity index (χ0n) is 17.8. The number of aryl methyl sites for hydroxylation is 2. The summed E-state index contributed by atoms with van der Waals surface area (Å²) in [7, 11) is -3.59. The Hall–Kier alpha value is -2.97. The van der Waals surface area contributed by atoms with E-state index in [0.29, 0.717) is 48.0 Å². The van der Waals surface area contributed by atoms with Crippen LogP contribution in [0.4, 0.5) is 5.69 Å². The molecule has 0 radical (unpaired) electrons. The lowest BCUT2D eigenvalue weighted by Gasteiger charge is -2.35. The average molecular weight is 440 g/mol. The fourth-order valence-corrected chi connectivity index (χ4v) is 5.45. The van der Waals surface area contributed by atoms with E-state index in [1.54, 1.807) is 26.0 Å². The molecular weight excluding hydrogens is 414 g/mol. The molecule has 4 rings (SSSR count). The second-order valence-electron chi connectivity index (χ2n) is 7.81. The minimum Gasteiger partial charge on any atom is -0.369 e. The predicted octanol–water partition coefficient (Wildman–Crippen LogP) is 3.67. The molecule has 3 aromatic rings. The number of benzene rings is 2. The number of aromatic nitrogens is 1. The summed E-state index contributed by atoms with van der Waals surface area (Å²) in [6.07, 6.45) is 0. The van der Waals surface area contributed by atoms with Crippen LogP contribution < -0.4 is 4.90 Å². The summed E-state index contributed by atoms with van der Waals surface area (Å²) in [6, 6.07) is 14.5. The Balaban J connectivity index is 1.48. The molecule has 31 heavy (non-hydrogen) atoms. The molecule has 1 saturated heterocycles. The zero-order chi connectivity index (χ0) is 22.2. The molecule has 1 aliphatic heterocycles. The van der Waals surface area contributed by atoms with Crippen molar-refractivity contribution in [2.24, 2.45) is 0 Å². The molecule has 1 aliphatic rings. The Morgan fingerprint density at radius 3 is 2.19 bits per heavy atom. The maximum atomic E-state index is 13.3. The second kappa shape index (κ2) is 8.28. The molecular formula is C23H25N3O4S. The first-order valence-electron chi connectivity index (χ1n) is 10.2. The topological polar surface area (TPSA) is 83.7 Å². The summed E-state index contributed by atoms with van der Waals surface area (Å²) < 4.78 is 33.3. The number of hydrogen-bond donors (Lipinski definition) is 0. The molecule has 0 atom stereocenters. The number of nitrogens with zero attached hydrogens (tertiary/aromatic N) is 3. The third kappa shape index (κ3) is 4.26. The molecule has 0 spiro atoms. The SMILES string of the molecule is CC(=O)c1ccc(N2CCN(S(=O)(=O)c3ccc(-c4cc(C)no4)cc3C)CC2)cc1. The lowest BCUT2D eigenvalue weighted by Crippen LogP contribution is -2.48. The van der Waals surface area contributed by atoms with Crippen LogP contribution in [0, 0.1) is 13.8 Å². The summed E-state index contributed by atoms with van der Waals surface area (Å²) in [4.78, 5) is 13.9. The van der Waals surface area contributed by atoms with Crippen LogP contribution in [-0.2, 0) is 10.0 Å². The van der Waals surface area contributed by atoms with E-state index >= 15 is 0 Å². The summed E-state index contributed by atoms with van der Waals surface area (Å²) >= 11 is 0. The van der Waals surface area contributed by atoms with E-state index in [4.69, 9.17) is 4.52 Å². The minimum atomic E-state index is -3.59. The van der Waals surface area contributed by atoms with Crippen LogP contribution in [0.2, 0.25) is 0 Å². The largest absolute Gasteiger partial charge is 0.369 e. The van der Waals surface area contributed by atoms with Crippen LogP contribution in [0.1, 0.15) is 28.5 Å². The molecule has 2 heterocycles. The van der Waals surface area contributed by atoms with E-state index in [9.17, 15) is 13.2 Å². The van der Waals surface area contributed by atoms with Gasteiger partial charge in [0.15, 0.2) is 11.5 Å². The smallest absolute Gasteiger partial charge is 0.243 e. The van der Waals surface area contributed by atoms with Gasteiger partial charge in [-0.05, 0) is 68.8 Å². The number of sulfonamides is 1. The predicted molar refractivity (Wildman–Crippen MR) is 119 cm³/mol. The van der Waals surface area contributed by atoms with Crippen molar-refractivity contribution in [1.82, 2.24) is 9.46 Å². The minimum absolute atomic E-state index is 0.0299. The van der Waals surface area contributed by atoms with E-state index in [0.717, 1.165) is 16.9 Å². The number of hydrogen-bond acceptors (Lipinski definition) is 6. The van der Waals surface area contributed by atoms with Crippen LogP contribution in [0.3, 0.4) is 0 Å². The molecule has 0 saturated carbocycles. The van der Waals surface area contributed by atoms with Gasteiger partial charge in [-0.2, -0.15) is 4.31 Å². The standard InChI is InChI=1S/C23H25N3O4S/c1-16-14-20(22-15-17(2)24-30-22)6-9-23(16)31(28,29)26-12-10-25(11-13-26)21-7-4-19(5-8-21)18(3)27/h4-9,14-15H,10-13H2,1-3H3. The van der Waals surface area contributed by atoms with Crippen LogP contribution in [0.5, 0.6) is 0 Å². The molecule has 0 bridgehead atoms. The first kappa shape index (κ1) is 21.3.